The number of rotatable bonds is 9. The second kappa shape index (κ2) is 16.2. The first-order valence-corrected chi connectivity index (χ1v) is 18.9. The molecule has 12 nitrogen and oxygen atoms in total. The van der Waals surface area contributed by atoms with Crippen molar-refractivity contribution in [3.63, 3.8) is 0 Å². The summed E-state index contributed by atoms with van der Waals surface area (Å²) in [4.78, 5) is 61.6. The molecule has 2 aliphatic heterocycles. The minimum atomic E-state index is -0.684. The lowest BCUT2D eigenvalue weighted by Gasteiger charge is -2.31. The van der Waals surface area contributed by atoms with Gasteiger partial charge in [-0.2, -0.15) is 0 Å². The molecular formula is C43H48N8O4. The molecule has 55 heavy (non-hydrogen) atoms. The highest BCUT2D eigenvalue weighted by molar-refractivity contribution is 5.86. The van der Waals surface area contributed by atoms with Crippen molar-refractivity contribution in [1.82, 2.24) is 40.0 Å². The number of nitrogens with zero attached hydrogens (tertiary/aromatic N) is 5. The first-order chi connectivity index (χ1) is 26.6. The Kier molecular flexibility index (Phi) is 11.0. The third-order valence-electron chi connectivity index (χ3n) is 10.6. The van der Waals surface area contributed by atoms with Crippen LogP contribution in [0, 0.1) is 17.8 Å². The topological polar surface area (TPSA) is 140 Å². The number of H-pyrrole nitrogens is 2. The number of methoxy groups -OCH3 is 1. The molecule has 0 aliphatic carbocycles. The van der Waals surface area contributed by atoms with Crippen LogP contribution in [-0.2, 0) is 14.3 Å². The summed E-state index contributed by atoms with van der Waals surface area (Å²) in [6, 6.07) is 22.5. The minimum Gasteiger partial charge on any atom is -0.453 e. The molecule has 0 radical (unpaired) electrons. The number of hydrogen-bond donors (Lipinski definition) is 3. The van der Waals surface area contributed by atoms with E-state index >= 15 is 0 Å². The van der Waals surface area contributed by atoms with Gasteiger partial charge in [0.05, 0.1) is 42.1 Å². The van der Waals surface area contributed by atoms with Gasteiger partial charge in [-0.25, -0.2) is 14.8 Å². The van der Waals surface area contributed by atoms with Gasteiger partial charge in [0.2, 0.25) is 11.8 Å². The maximum absolute atomic E-state index is 13.9. The quantitative estimate of drug-likeness (QED) is 0.150. The number of amides is 3. The van der Waals surface area contributed by atoms with Crippen LogP contribution in [-0.4, -0.2) is 92.9 Å². The molecule has 4 atom stereocenters. The zero-order chi connectivity index (χ0) is 38.6. The van der Waals surface area contributed by atoms with Gasteiger partial charge in [-0.1, -0.05) is 68.2 Å². The summed E-state index contributed by atoms with van der Waals surface area (Å²) in [6.07, 6.45) is 4.59. The van der Waals surface area contributed by atoms with Crippen molar-refractivity contribution in [2.24, 2.45) is 5.92 Å². The molecule has 284 valence electrons. The number of aromatic nitrogens is 4. The Labute approximate surface area is 321 Å². The number of likely N-dealkylation sites (N-methyl/N-ethyl adjacent to an activating group) is 1. The van der Waals surface area contributed by atoms with Crippen LogP contribution in [0.2, 0.25) is 0 Å². The van der Waals surface area contributed by atoms with E-state index in [0.717, 1.165) is 76.3 Å². The summed E-state index contributed by atoms with van der Waals surface area (Å²) in [7, 11) is 5.19. The molecule has 3 amide bonds. The Morgan fingerprint density at radius 1 is 0.855 bits per heavy atom. The summed E-state index contributed by atoms with van der Waals surface area (Å²) >= 11 is 0. The van der Waals surface area contributed by atoms with Crippen molar-refractivity contribution in [3.8, 4) is 23.1 Å². The van der Waals surface area contributed by atoms with Gasteiger partial charge in [-0.3, -0.25) is 14.5 Å². The predicted octanol–water partition coefficient (Wildman–Crippen LogP) is 6.36. The van der Waals surface area contributed by atoms with Crippen molar-refractivity contribution >= 4 is 28.9 Å². The molecule has 4 heterocycles. The van der Waals surface area contributed by atoms with Crippen LogP contribution in [0.5, 0.6) is 0 Å². The summed E-state index contributed by atoms with van der Waals surface area (Å²) in [5.74, 6) is 7.95. The summed E-state index contributed by atoms with van der Waals surface area (Å²) in [5.41, 5.74) is 6.25. The first-order valence-electron chi connectivity index (χ1n) is 18.9. The summed E-state index contributed by atoms with van der Waals surface area (Å²) in [6.45, 7) is 5.10. The van der Waals surface area contributed by atoms with Gasteiger partial charge in [0, 0.05) is 24.2 Å². The van der Waals surface area contributed by atoms with Gasteiger partial charge >= 0.3 is 6.09 Å². The number of ether oxygens (including phenoxy) is 1. The second-order valence-electron chi connectivity index (χ2n) is 14.9. The molecule has 2 aromatic heterocycles. The summed E-state index contributed by atoms with van der Waals surface area (Å²) < 4.78 is 4.75. The van der Waals surface area contributed by atoms with Gasteiger partial charge in [-0.05, 0) is 87.2 Å². The van der Waals surface area contributed by atoms with Gasteiger partial charge in [0.1, 0.15) is 23.7 Å². The monoisotopic (exact) mass is 740 g/mol. The molecular weight excluding hydrogens is 693 g/mol. The van der Waals surface area contributed by atoms with Gasteiger partial charge in [0.25, 0.3) is 0 Å². The predicted molar refractivity (Wildman–Crippen MR) is 211 cm³/mol. The van der Waals surface area contributed by atoms with Crippen LogP contribution >= 0.6 is 0 Å². The normalized spacial score (nSPS) is 18.0. The minimum absolute atomic E-state index is 0.0864. The Bertz CT molecular complexity index is 2220. The zero-order valence-corrected chi connectivity index (χ0v) is 32.0. The Hall–Kier alpha value is -5.93. The Morgan fingerprint density at radius 3 is 2.18 bits per heavy atom. The average molecular weight is 741 g/mol. The molecule has 2 saturated heterocycles. The molecule has 0 spiro atoms. The first kappa shape index (κ1) is 37.4. The Balaban J connectivity index is 1.02. The zero-order valence-electron chi connectivity index (χ0n) is 32.0. The molecule has 2 aliphatic rings. The maximum atomic E-state index is 13.9. The molecule has 0 saturated carbocycles. The van der Waals surface area contributed by atoms with E-state index in [9.17, 15) is 14.4 Å². The van der Waals surface area contributed by atoms with Crippen LogP contribution in [0.25, 0.3) is 22.3 Å². The summed E-state index contributed by atoms with van der Waals surface area (Å²) in [5, 5.41) is 2.69. The lowest BCUT2D eigenvalue weighted by molar-refractivity contribution is -0.137. The van der Waals surface area contributed by atoms with Crippen molar-refractivity contribution < 1.29 is 19.1 Å². The fourth-order valence-corrected chi connectivity index (χ4v) is 7.76. The number of hydrogen-bond acceptors (Lipinski definition) is 7. The van der Waals surface area contributed by atoms with Crippen molar-refractivity contribution in [2.75, 3.05) is 34.3 Å². The van der Waals surface area contributed by atoms with Crippen LogP contribution in [0.4, 0.5) is 4.79 Å². The van der Waals surface area contributed by atoms with Gasteiger partial charge in [0.15, 0.2) is 0 Å². The van der Waals surface area contributed by atoms with E-state index < -0.39 is 12.1 Å². The van der Waals surface area contributed by atoms with Crippen LogP contribution in [0.1, 0.15) is 86.0 Å². The van der Waals surface area contributed by atoms with Crippen molar-refractivity contribution in [2.45, 2.75) is 63.7 Å². The molecule has 5 aromatic rings. The fourth-order valence-electron chi connectivity index (χ4n) is 7.76. The number of nitrogens with one attached hydrogen (secondary N) is 3. The van der Waals surface area contributed by atoms with E-state index in [0.29, 0.717) is 13.1 Å². The van der Waals surface area contributed by atoms with Crippen LogP contribution in [0.15, 0.2) is 79.0 Å². The van der Waals surface area contributed by atoms with Gasteiger partial charge < -0.3 is 29.8 Å². The molecule has 2 fully saturated rings. The molecule has 3 aromatic carbocycles. The Morgan fingerprint density at radius 2 is 1.51 bits per heavy atom. The number of alkyl carbamates (subject to hydrolysis) is 1. The standard InChI is InChI=1S/C43H48N8O4/c1-27(2)37(48-43(54)55-5)41(52)50-23-9-13-35(50)39-44-26-34(47-39)30-20-17-28(18-21-30)15-16-29-19-22-32-33(25-29)46-40(45-32)36-14-10-24-51(36)42(53)38(49(3)4)31-11-7-6-8-12-31/h6-8,11-12,17-22,25-27,35-38H,9-10,13-14,23-24H2,1-5H3,(H,44,47)(H,45,46)(H,48,54). The molecule has 3 N–H and O–H groups in total. The van der Waals surface area contributed by atoms with Crippen molar-refractivity contribution in [3.05, 3.63) is 107 Å². The van der Waals surface area contributed by atoms with E-state index in [1.807, 2.05) is 111 Å². The van der Waals surface area contributed by atoms with E-state index in [2.05, 4.69) is 32.1 Å². The molecule has 7 rings (SSSR count). The molecule has 12 heteroatoms. The number of benzene rings is 3. The van der Waals surface area contributed by atoms with Crippen LogP contribution < -0.4 is 5.32 Å². The fraction of sp³-hybridized carbons (Fsp3) is 0.372. The smallest absolute Gasteiger partial charge is 0.407 e. The second-order valence-corrected chi connectivity index (χ2v) is 14.9. The van der Waals surface area contributed by atoms with E-state index in [1.165, 1.54) is 7.11 Å². The van der Waals surface area contributed by atoms with E-state index in [4.69, 9.17) is 9.72 Å². The lowest BCUT2D eigenvalue weighted by Crippen LogP contribution is -2.51. The van der Waals surface area contributed by atoms with Gasteiger partial charge in [-0.15, -0.1) is 0 Å². The average Bonchev–Trinajstić information content (AvgIpc) is 4.02. The third kappa shape index (κ3) is 7.98. The van der Waals surface area contributed by atoms with E-state index in [1.54, 1.807) is 11.1 Å². The SMILES string of the molecule is COC(=O)NC(C(=O)N1CCCC1c1ncc(-c2ccc(C#Cc3ccc4nc(C5CCCN5C(=O)C(c5ccccc5)N(C)C)[nH]c4c3)cc2)[nH]1)C(C)C. The molecule has 0 bridgehead atoms. The number of imidazole rings is 2. The number of likely N-dealkylation sites (tertiary alicyclic amines) is 2. The lowest BCUT2D eigenvalue weighted by atomic mass is 10.0. The van der Waals surface area contributed by atoms with Crippen molar-refractivity contribution in [1.29, 1.82) is 0 Å². The largest absolute Gasteiger partial charge is 0.453 e. The number of aromatic amines is 2. The van der Waals surface area contributed by atoms with E-state index in [-0.39, 0.29) is 35.9 Å². The number of carbonyl (C=O) groups excluding carboxylic acids is 3. The molecule has 4 unspecified atom stereocenters. The highest BCUT2D eigenvalue weighted by Gasteiger charge is 2.38. The highest BCUT2D eigenvalue weighted by Crippen LogP contribution is 2.36. The number of carbonyl (C=O) groups is 3. The third-order valence-corrected chi connectivity index (χ3v) is 10.6. The number of fused-ring (bicyclic) bond motifs is 1. The maximum Gasteiger partial charge on any atom is 0.407 e. The van der Waals surface area contributed by atoms with Crippen LogP contribution in [0.3, 0.4) is 0 Å². The highest BCUT2D eigenvalue weighted by atomic mass is 16.5.